The molecule has 1 unspecified atom stereocenters. The first-order valence-electron chi connectivity index (χ1n) is 7.88. The van der Waals surface area contributed by atoms with Gasteiger partial charge in [0, 0.05) is 5.56 Å². The smallest absolute Gasteiger partial charge is 0.176 e. The monoisotopic (exact) mass is 273 g/mol. The molecule has 1 aromatic carbocycles. The summed E-state index contributed by atoms with van der Waals surface area (Å²) in [4.78, 5) is 14.7. The van der Waals surface area contributed by atoms with Gasteiger partial charge in [-0.3, -0.25) is 9.69 Å². The van der Waals surface area contributed by atoms with Crippen LogP contribution in [-0.4, -0.2) is 30.3 Å². The first kappa shape index (κ1) is 15.2. The van der Waals surface area contributed by atoms with Crippen LogP contribution in [0.1, 0.15) is 49.0 Å². The molecule has 2 nitrogen and oxygen atoms in total. The third-order valence-corrected chi connectivity index (χ3v) is 4.52. The van der Waals surface area contributed by atoms with Crippen molar-refractivity contribution < 1.29 is 4.79 Å². The molecular formula is C18H27NO. The lowest BCUT2D eigenvalue weighted by molar-refractivity contribution is 0.0931. The molecule has 2 rings (SSSR count). The van der Waals surface area contributed by atoms with Crippen molar-refractivity contribution >= 4 is 5.78 Å². The van der Waals surface area contributed by atoms with Crippen molar-refractivity contribution in [3.8, 4) is 0 Å². The topological polar surface area (TPSA) is 20.3 Å². The standard InChI is InChI=1S/C18H27NO/c1-14(2)16-8-5-10-19(11-9-16)13-18(20)17-7-4-6-15(3)12-17/h4,6-7,12,14,16H,5,8-11,13H2,1-3H3. The molecule has 1 aliphatic heterocycles. The van der Waals surface area contributed by atoms with Gasteiger partial charge in [0.25, 0.3) is 0 Å². The number of likely N-dealkylation sites (tertiary alicyclic amines) is 1. The van der Waals surface area contributed by atoms with E-state index < -0.39 is 0 Å². The summed E-state index contributed by atoms with van der Waals surface area (Å²) in [5.41, 5.74) is 2.02. The Hall–Kier alpha value is -1.15. The molecule has 0 N–H and O–H groups in total. The minimum Gasteiger partial charge on any atom is -0.296 e. The number of carbonyl (C=O) groups is 1. The van der Waals surface area contributed by atoms with Gasteiger partial charge in [-0.05, 0) is 57.2 Å². The van der Waals surface area contributed by atoms with E-state index in [2.05, 4.69) is 18.7 Å². The van der Waals surface area contributed by atoms with Crippen molar-refractivity contribution in [2.24, 2.45) is 11.8 Å². The maximum Gasteiger partial charge on any atom is 0.176 e. The number of aryl methyl sites for hydroxylation is 1. The summed E-state index contributed by atoms with van der Waals surface area (Å²) in [6.45, 7) is 9.39. The Morgan fingerprint density at radius 3 is 2.80 bits per heavy atom. The molecule has 1 heterocycles. The number of hydrogen-bond donors (Lipinski definition) is 0. The number of Topliss-reactive ketones (excluding diaryl/α,β-unsaturated/α-hetero) is 1. The molecule has 0 aliphatic carbocycles. The lowest BCUT2D eigenvalue weighted by Crippen LogP contribution is -2.31. The van der Waals surface area contributed by atoms with Crippen LogP contribution in [0, 0.1) is 18.8 Å². The van der Waals surface area contributed by atoms with Crippen molar-refractivity contribution in [1.82, 2.24) is 4.90 Å². The van der Waals surface area contributed by atoms with E-state index in [-0.39, 0.29) is 5.78 Å². The molecule has 0 radical (unpaired) electrons. The van der Waals surface area contributed by atoms with Gasteiger partial charge in [0.15, 0.2) is 5.78 Å². The molecule has 2 heteroatoms. The fraction of sp³-hybridized carbons (Fsp3) is 0.611. The lowest BCUT2D eigenvalue weighted by atomic mass is 9.89. The van der Waals surface area contributed by atoms with Gasteiger partial charge in [-0.1, -0.05) is 37.6 Å². The Morgan fingerprint density at radius 2 is 2.10 bits per heavy atom. The zero-order valence-electron chi connectivity index (χ0n) is 13.1. The van der Waals surface area contributed by atoms with E-state index in [0.717, 1.165) is 36.1 Å². The van der Waals surface area contributed by atoms with E-state index in [1.165, 1.54) is 19.3 Å². The molecule has 0 saturated carbocycles. The van der Waals surface area contributed by atoms with E-state index in [9.17, 15) is 4.79 Å². The Morgan fingerprint density at radius 1 is 1.30 bits per heavy atom. The zero-order valence-corrected chi connectivity index (χ0v) is 13.1. The molecule has 1 fully saturated rings. The van der Waals surface area contributed by atoms with Crippen LogP contribution in [0.2, 0.25) is 0 Å². The molecule has 20 heavy (non-hydrogen) atoms. The van der Waals surface area contributed by atoms with Gasteiger partial charge in [0.1, 0.15) is 0 Å². The molecule has 0 spiro atoms. The minimum atomic E-state index is 0.261. The average Bonchev–Trinajstić information content (AvgIpc) is 2.64. The average molecular weight is 273 g/mol. The number of nitrogens with zero attached hydrogens (tertiary/aromatic N) is 1. The molecule has 1 saturated heterocycles. The Bertz CT molecular complexity index is 452. The first-order chi connectivity index (χ1) is 9.56. The van der Waals surface area contributed by atoms with E-state index >= 15 is 0 Å². The zero-order chi connectivity index (χ0) is 14.5. The van der Waals surface area contributed by atoms with Crippen LogP contribution in [0.3, 0.4) is 0 Å². The third-order valence-electron chi connectivity index (χ3n) is 4.52. The molecule has 0 bridgehead atoms. The van der Waals surface area contributed by atoms with Gasteiger partial charge in [-0.2, -0.15) is 0 Å². The van der Waals surface area contributed by atoms with Gasteiger partial charge >= 0.3 is 0 Å². The normalized spacial score (nSPS) is 20.9. The van der Waals surface area contributed by atoms with Crippen molar-refractivity contribution in [2.75, 3.05) is 19.6 Å². The number of ketones is 1. The quantitative estimate of drug-likeness (QED) is 0.775. The fourth-order valence-electron chi connectivity index (χ4n) is 3.12. The van der Waals surface area contributed by atoms with Gasteiger partial charge in [-0.15, -0.1) is 0 Å². The lowest BCUT2D eigenvalue weighted by Gasteiger charge is -2.20. The van der Waals surface area contributed by atoms with Gasteiger partial charge in [0.2, 0.25) is 0 Å². The molecule has 1 aliphatic rings. The summed E-state index contributed by atoms with van der Waals surface area (Å²) in [6, 6.07) is 7.94. The van der Waals surface area contributed by atoms with E-state index in [4.69, 9.17) is 0 Å². The maximum absolute atomic E-state index is 12.4. The first-order valence-corrected chi connectivity index (χ1v) is 7.88. The molecule has 0 aromatic heterocycles. The summed E-state index contributed by atoms with van der Waals surface area (Å²) in [5, 5.41) is 0. The Kier molecular flexibility index (Phi) is 5.36. The van der Waals surface area contributed by atoms with Crippen LogP contribution in [0.15, 0.2) is 24.3 Å². The van der Waals surface area contributed by atoms with Gasteiger partial charge in [-0.25, -0.2) is 0 Å². The number of carbonyl (C=O) groups excluding carboxylic acids is 1. The second-order valence-corrected chi connectivity index (χ2v) is 6.50. The second-order valence-electron chi connectivity index (χ2n) is 6.50. The highest BCUT2D eigenvalue weighted by atomic mass is 16.1. The van der Waals surface area contributed by atoms with Crippen LogP contribution in [0.4, 0.5) is 0 Å². The molecule has 1 atom stereocenters. The molecular weight excluding hydrogens is 246 g/mol. The van der Waals surface area contributed by atoms with Gasteiger partial charge < -0.3 is 0 Å². The highest BCUT2D eigenvalue weighted by Gasteiger charge is 2.21. The Labute approximate surface area is 123 Å². The van der Waals surface area contributed by atoms with E-state index in [0.29, 0.717) is 6.54 Å². The molecule has 0 amide bonds. The predicted octanol–water partition coefficient (Wildman–Crippen LogP) is 3.94. The van der Waals surface area contributed by atoms with Crippen molar-refractivity contribution in [3.63, 3.8) is 0 Å². The summed E-state index contributed by atoms with van der Waals surface area (Å²) in [6.07, 6.45) is 3.77. The summed E-state index contributed by atoms with van der Waals surface area (Å²) in [7, 11) is 0. The largest absolute Gasteiger partial charge is 0.296 e. The van der Waals surface area contributed by atoms with E-state index in [1.807, 2.05) is 31.2 Å². The summed E-state index contributed by atoms with van der Waals surface area (Å²) < 4.78 is 0. The second kappa shape index (κ2) is 7.03. The maximum atomic E-state index is 12.4. The predicted molar refractivity (Wildman–Crippen MR) is 84.1 cm³/mol. The molecule has 1 aromatic rings. The van der Waals surface area contributed by atoms with Crippen LogP contribution in [0.5, 0.6) is 0 Å². The van der Waals surface area contributed by atoms with Crippen molar-refractivity contribution in [3.05, 3.63) is 35.4 Å². The number of rotatable bonds is 4. The Balaban J connectivity index is 1.91. The van der Waals surface area contributed by atoms with Crippen LogP contribution in [0.25, 0.3) is 0 Å². The highest BCUT2D eigenvalue weighted by Crippen LogP contribution is 2.24. The SMILES string of the molecule is Cc1cccc(C(=O)CN2CCCC(C(C)C)CC2)c1. The van der Waals surface area contributed by atoms with E-state index in [1.54, 1.807) is 0 Å². The minimum absolute atomic E-state index is 0.261. The molecule has 110 valence electrons. The van der Waals surface area contributed by atoms with Crippen molar-refractivity contribution in [2.45, 2.75) is 40.0 Å². The highest BCUT2D eigenvalue weighted by molar-refractivity contribution is 5.97. The van der Waals surface area contributed by atoms with Gasteiger partial charge in [0.05, 0.1) is 6.54 Å². The van der Waals surface area contributed by atoms with Crippen LogP contribution >= 0.6 is 0 Å². The fourth-order valence-corrected chi connectivity index (χ4v) is 3.12. The summed E-state index contributed by atoms with van der Waals surface area (Å²) in [5.74, 6) is 1.85. The van der Waals surface area contributed by atoms with Crippen molar-refractivity contribution in [1.29, 1.82) is 0 Å². The van der Waals surface area contributed by atoms with Crippen LogP contribution < -0.4 is 0 Å². The number of benzene rings is 1. The third kappa shape index (κ3) is 4.17. The number of hydrogen-bond acceptors (Lipinski definition) is 2. The summed E-state index contributed by atoms with van der Waals surface area (Å²) >= 11 is 0. The van der Waals surface area contributed by atoms with Crippen LogP contribution in [-0.2, 0) is 0 Å².